The Hall–Kier alpha value is -6.75. The summed E-state index contributed by atoms with van der Waals surface area (Å²) in [7, 11) is 0. The normalized spacial score (nSPS) is 20.6. The molecule has 4 aliphatic rings. The van der Waals surface area contributed by atoms with E-state index in [4.69, 9.17) is 0 Å². The van der Waals surface area contributed by atoms with E-state index in [1.165, 1.54) is 0 Å². The van der Waals surface area contributed by atoms with Gasteiger partial charge in [0.2, 0.25) is 0 Å². The molecule has 0 unspecified atom stereocenters. The van der Waals surface area contributed by atoms with Gasteiger partial charge in [0.1, 0.15) is 71.3 Å². The fourth-order valence-corrected chi connectivity index (χ4v) is 7.63. The van der Waals surface area contributed by atoms with Gasteiger partial charge in [-0.15, -0.1) is 0 Å². The monoisotopic (exact) mass is 672 g/mol. The molecule has 0 saturated carbocycles. The lowest BCUT2D eigenvalue weighted by Crippen LogP contribution is -2.55. The number of nitriles is 9. The summed E-state index contributed by atoms with van der Waals surface area (Å²) in [4.78, 5) is 5.88. The van der Waals surface area contributed by atoms with Crippen LogP contribution in [0, 0.1) is 118 Å². The number of hydrogen-bond acceptors (Lipinski definition) is 12. The van der Waals surface area contributed by atoms with Gasteiger partial charge in [-0.2, -0.15) is 47.4 Å². The first kappa shape index (κ1) is 37.1. The number of allylic oxidation sites excluding steroid dienone is 12. The van der Waals surface area contributed by atoms with Crippen LogP contribution in [0.25, 0.3) is 0 Å². The minimum absolute atomic E-state index is 0.139. The topological polar surface area (TPSA) is 224 Å². The number of hydrogen-bond donors (Lipinski definition) is 0. The van der Waals surface area contributed by atoms with Crippen molar-refractivity contribution in [3.8, 4) is 54.6 Å². The van der Waals surface area contributed by atoms with Crippen LogP contribution >= 0.6 is 0 Å². The van der Waals surface area contributed by atoms with Gasteiger partial charge in [-0.25, -0.2) is 0 Å². The second-order valence-corrected chi connectivity index (χ2v) is 15.6. The first-order chi connectivity index (χ1) is 24.1. The van der Waals surface area contributed by atoms with E-state index in [0.29, 0.717) is 72.3 Å². The molecule has 3 aliphatic carbocycles. The minimum Gasteiger partial charge on any atom is -0.338 e. The molecule has 1 saturated heterocycles. The van der Waals surface area contributed by atoms with E-state index in [0.717, 1.165) is 0 Å². The zero-order chi connectivity index (χ0) is 37.9. The SMILES string of the molecule is CC1(C)CC(=C(C#N)C#N)C(C#N)=C(N2CN(C3=C(C#N)C(=C(C#N)C#N)CC(C)(C)C3)CN(C3=C(C#N)C(=C(C#N)C#N)CC(C)(C)C3)C2)C1. The third kappa shape index (κ3) is 7.18. The summed E-state index contributed by atoms with van der Waals surface area (Å²) in [5, 5.41) is 90.7. The van der Waals surface area contributed by atoms with Gasteiger partial charge in [0.05, 0.1) is 36.7 Å². The van der Waals surface area contributed by atoms with Gasteiger partial charge in [0.15, 0.2) is 0 Å². The first-order valence-corrected chi connectivity index (χ1v) is 16.3. The van der Waals surface area contributed by atoms with Gasteiger partial charge in [0, 0.05) is 33.8 Å². The van der Waals surface area contributed by atoms with E-state index in [1.807, 2.05) is 92.7 Å². The lowest BCUT2D eigenvalue weighted by Gasteiger charge is -2.52. The fourth-order valence-electron chi connectivity index (χ4n) is 7.63. The van der Waals surface area contributed by atoms with Crippen molar-refractivity contribution in [3.05, 3.63) is 67.2 Å². The average molecular weight is 673 g/mol. The molecule has 0 N–H and O–H groups in total. The Morgan fingerprint density at radius 1 is 0.392 bits per heavy atom. The zero-order valence-electron chi connectivity index (χ0n) is 29.7. The van der Waals surface area contributed by atoms with Crippen LogP contribution in [0.5, 0.6) is 0 Å². The predicted octanol–water partition coefficient (Wildman–Crippen LogP) is 6.60. The van der Waals surface area contributed by atoms with E-state index in [9.17, 15) is 47.4 Å². The fraction of sp³-hybridized carbons (Fsp3) is 0.462. The molecule has 1 heterocycles. The van der Waals surface area contributed by atoms with Crippen molar-refractivity contribution < 1.29 is 0 Å². The quantitative estimate of drug-likeness (QED) is 0.289. The maximum atomic E-state index is 10.5. The number of rotatable bonds is 3. The Bertz CT molecular complexity index is 1870. The summed E-state index contributed by atoms with van der Waals surface area (Å²) in [5.41, 5.74) is 1.79. The van der Waals surface area contributed by atoms with Gasteiger partial charge in [-0.05, 0) is 54.8 Å². The van der Waals surface area contributed by atoms with Crippen LogP contribution in [0.1, 0.15) is 80.1 Å². The summed E-state index contributed by atoms with van der Waals surface area (Å²) in [6.07, 6.45) is 2.29. The molecule has 0 spiro atoms. The van der Waals surface area contributed by atoms with Crippen LogP contribution in [0.4, 0.5) is 0 Å². The van der Waals surface area contributed by atoms with Crippen LogP contribution in [-0.2, 0) is 0 Å². The highest BCUT2D eigenvalue weighted by Gasteiger charge is 2.43. The Balaban J connectivity index is 2.09. The molecule has 0 atom stereocenters. The van der Waals surface area contributed by atoms with Crippen molar-refractivity contribution in [1.29, 1.82) is 47.4 Å². The molecule has 0 bridgehead atoms. The summed E-state index contributed by atoms with van der Waals surface area (Å²) in [6, 6.07) is 18.6. The van der Waals surface area contributed by atoms with Gasteiger partial charge in [0.25, 0.3) is 0 Å². The predicted molar refractivity (Wildman–Crippen MR) is 182 cm³/mol. The number of nitrogens with zero attached hydrogens (tertiary/aromatic N) is 12. The molecule has 0 radical (unpaired) electrons. The summed E-state index contributed by atoms with van der Waals surface area (Å²) < 4.78 is 0. The van der Waals surface area contributed by atoms with E-state index in [1.54, 1.807) is 0 Å². The molecular formula is C39H36N12. The summed E-state index contributed by atoms with van der Waals surface area (Å²) >= 11 is 0. The van der Waals surface area contributed by atoms with E-state index < -0.39 is 16.2 Å². The van der Waals surface area contributed by atoms with E-state index in [-0.39, 0.29) is 53.4 Å². The molecule has 12 heteroatoms. The van der Waals surface area contributed by atoms with Crippen LogP contribution in [0.15, 0.2) is 67.2 Å². The maximum absolute atomic E-state index is 10.5. The second kappa shape index (κ2) is 14.0. The average Bonchev–Trinajstić information content (AvgIpc) is 3.08. The van der Waals surface area contributed by atoms with Crippen LogP contribution in [-0.4, -0.2) is 34.7 Å². The third-order valence-electron chi connectivity index (χ3n) is 9.76. The van der Waals surface area contributed by atoms with E-state index in [2.05, 4.69) is 18.2 Å². The lowest BCUT2D eigenvalue weighted by atomic mass is 9.72. The molecule has 12 nitrogen and oxygen atoms in total. The Kier molecular flexibility index (Phi) is 10.2. The molecule has 51 heavy (non-hydrogen) atoms. The molecule has 1 aliphatic heterocycles. The van der Waals surface area contributed by atoms with Crippen LogP contribution < -0.4 is 0 Å². The van der Waals surface area contributed by atoms with Crippen molar-refractivity contribution >= 4 is 0 Å². The molecule has 252 valence electrons. The standard InChI is InChI=1S/C39H36N12/c1-37(2)7-28(25(13-40)14-41)31(19-46)34(10-37)49-22-50(35-11-38(3,4)8-29(32(35)20-47)26(15-42)16-43)24-51(23-49)36-12-39(5,6)9-30(33(36)21-48)27(17-44)18-45/h7-12,22-24H2,1-6H3. The van der Waals surface area contributed by atoms with Gasteiger partial charge in [-0.3, -0.25) is 0 Å². The highest BCUT2D eigenvalue weighted by Crippen LogP contribution is 2.49. The molecular weight excluding hydrogens is 637 g/mol. The van der Waals surface area contributed by atoms with Crippen molar-refractivity contribution in [1.82, 2.24) is 14.7 Å². The van der Waals surface area contributed by atoms with Gasteiger partial charge < -0.3 is 14.7 Å². The maximum Gasteiger partial charge on any atom is 0.134 e. The van der Waals surface area contributed by atoms with Gasteiger partial charge >= 0.3 is 0 Å². The van der Waals surface area contributed by atoms with E-state index >= 15 is 0 Å². The highest BCUT2D eigenvalue weighted by atomic mass is 15.5. The Labute approximate surface area is 299 Å². The summed E-state index contributed by atoms with van der Waals surface area (Å²) in [6.45, 7) is 12.5. The lowest BCUT2D eigenvalue weighted by molar-refractivity contribution is 0.0100. The van der Waals surface area contributed by atoms with Crippen molar-refractivity contribution in [2.45, 2.75) is 80.1 Å². The summed E-state index contributed by atoms with van der Waals surface area (Å²) in [5.74, 6) is 0. The minimum atomic E-state index is -0.445. The third-order valence-corrected chi connectivity index (χ3v) is 9.76. The van der Waals surface area contributed by atoms with Crippen molar-refractivity contribution in [2.75, 3.05) is 20.0 Å². The smallest absolute Gasteiger partial charge is 0.134 e. The Morgan fingerprint density at radius 3 is 0.784 bits per heavy atom. The molecule has 1 fully saturated rings. The van der Waals surface area contributed by atoms with Crippen molar-refractivity contribution in [2.24, 2.45) is 16.2 Å². The molecule has 0 aromatic heterocycles. The first-order valence-electron chi connectivity index (χ1n) is 16.3. The Morgan fingerprint density at radius 2 is 0.608 bits per heavy atom. The zero-order valence-corrected chi connectivity index (χ0v) is 29.7. The molecule has 0 aromatic carbocycles. The van der Waals surface area contributed by atoms with Crippen molar-refractivity contribution in [3.63, 3.8) is 0 Å². The molecule has 0 aromatic rings. The largest absolute Gasteiger partial charge is 0.338 e. The molecule has 0 amide bonds. The van der Waals surface area contributed by atoms with Gasteiger partial charge in [-0.1, -0.05) is 41.5 Å². The highest BCUT2D eigenvalue weighted by molar-refractivity contribution is 5.60. The van der Waals surface area contributed by atoms with Crippen LogP contribution in [0.2, 0.25) is 0 Å². The van der Waals surface area contributed by atoms with Crippen LogP contribution in [0.3, 0.4) is 0 Å². The second-order valence-electron chi connectivity index (χ2n) is 15.6. The molecule has 4 rings (SSSR count).